The molecular formula is C39H45Cl4IN10O4. The van der Waals surface area contributed by atoms with E-state index in [9.17, 15) is 9.59 Å². The van der Waals surface area contributed by atoms with Crippen LogP contribution < -0.4 is 19.3 Å². The van der Waals surface area contributed by atoms with Crippen molar-refractivity contribution < 1.29 is 19.1 Å². The third-order valence-corrected chi connectivity index (χ3v) is 13.0. The summed E-state index contributed by atoms with van der Waals surface area (Å²) >= 11 is 26.9. The van der Waals surface area contributed by atoms with E-state index in [1.807, 2.05) is 60.0 Å². The molecule has 2 aromatic carbocycles. The number of hydrogen-bond donors (Lipinski definition) is 0. The Bertz CT molecular complexity index is 2250. The topological polar surface area (TPSA) is 119 Å². The predicted molar refractivity (Wildman–Crippen MR) is 237 cm³/mol. The molecule has 14 nitrogen and oxygen atoms in total. The summed E-state index contributed by atoms with van der Waals surface area (Å²) in [4.78, 5) is 34.2. The molecule has 0 saturated carbocycles. The number of piperazine rings is 2. The molecule has 2 fully saturated rings. The first-order chi connectivity index (χ1) is 27.7. The van der Waals surface area contributed by atoms with E-state index < -0.39 is 0 Å². The van der Waals surface area contributed by atoms with Gasteiger partial charge in [-0.3, -0.25) is 19.0 Å². The van der Waals surface area contributed by atoms with Gasteiger partial charge >= 0.3 is 0 Å². The first-order valence-corrected chi connectivity index (χ1v) is 21.2. The molecule has 5 aromatic rings. The number of nitrogens with zero attached hydrogens (tertiary/aromatic N) is 10. The van der Waals surface area contributed by atoms with Crippen LogP contribution in [-0.4, -0.2) is 117 Å². The van der Waals surface area contributed by atoms with E-state index >= 15 is 0 Å². The molecule has 0 radical (unpaired) electrons. The molecular weight excluding hydrogens is 941 g/mol. The summed E-state index contributed by atoms with van der Waals surface area (Å²) in [6.07, 6.45) is 3.43. The van der Waals surface area contributed by atoms with Crippen LogP contribution in [0.3, 0.4) is 0 Å². The maximum atomic E-state index is 13.1. The number of benzene rings is 2. The van der Waals surface area contributed by atoms with Gasteiger partial charge in [-0.15, -0.1) is 0 Å². The van der Waals surface area contributed by atoms with Gasteiger partial charge in [0.25, 0.3) is 0 Å². The molecule has 0 N–H and O–H groups in total. The largest absolute Gasteiger partial charge is 0.495 e. The normalized spacial score (nSPS) is 16.9. The van der Waals surface area contributed by atoms with E-state index in [2.05, 4.69) is 61.5 Å². The van der Waals surface area contributed by atoms with Crippen LogP contribution in [0.4, 0.5) is 11.4 Å². The van der Waals surface area contributed by atoms with Crippen LogP contribution in [0, 0.1) is 17.5 Å². The van der Waals surface area contributed by atoms with Crippen LogP contribution >= 0.6 is 69.0 Å². The van der Waals surface area contributed by atoms with Gasteiger partial charge in [-0.1, -0.05) is 46.4 Å². The van der Waals surface area contributed by atoms with Gasteiger partial charge in [-0.2, -0.15) is 15.3 Å². The summed E-state index contributed by atoms with van der Waals surface area (Å²) < 4.78 is 16.3. The first-order valence-electron chi connectivity index (χ1n) is 18.6. The van der Waals surface area contributed by atoms with Crippen LogP contribution in [0.5, 0.6) is 11.5 Å². The number of ether oxygens (including phenoxy) is 2. The maximum Gasteiger partial charge on any atom is 0.244 e. The number of hydrogen-bond acceptors (Lipinski definition) is 9. The zero-order valence-electron chi connectivity index (χ0n) is 33.0. The first kappa shape index (κ1) is 43.7. The standard InChI is InChI=1S/C21H24Cl2N6O2.C18H21Cl2IN4O2/c1-14-12-26(16-5-6-17(22)18(11-16)31-3)9-10-27(14)19(30)13-29-15(2)20(23)21(25-29)28-8-4-7-24-28;1-11-9-23(13-4-5-14(19)15(8-13)27-3)6-7-24(11)16(26)10-25-12(2)17(20)18(21)22-25/h4-8,11,14H,9-10,12-13H2,1-3H3;4-5,8,11H,6-7,9-10H2,1-3H3/t14-;/m0./s1. The Morgan fingerprint density at radius 3 is 1.64 bits per heavy atom. The summed E-state index contributed by atoms with van der Waals surface area (Å²) in [5, 5.41) is 15.3. The molecule has 5 heterocycles. The molecule has 2 atom stereocenters. The number of aromatic nitrogens is 6. The molecule has 0 spiro atoms. The van der Waals surface area contributed by atoms with Gasteiger partial charge in [0.05, 0.1) is 40.7 Å². The summed E-state index contributed by atoms with van der Waals surface area (Å²) in [5.74, 6) is 1.88. The van der Waals surface area contributed by atoms with E-state index in [0.717, 1.165) is 42.4 Å². The van der Waals surface area contributed by atoms with Crippen molar-refractivity contribution in [2.24, 2.45) is 0 Å². The van der Waals surface area contributed by atoms with Crippen LogP contribution in [0.2, 0.25) is 20.1 Å². The zero-order valence-corrected chi connectivity index (χ0v) is 38.2. The minimum Gasteiger partial charge on any atom is -0.495 e. The molecule has 2 saturated heterocycles. The second-order valence-corrected chi connectivity index (χ2v) is 16.7. The van der Waals surface area contributed by atoms with Crippen molar-refractivity contribution >= 4 is 92.2 Å². The molecule has 0 bridgehead atoms. The van der Waals surface area contributed by atoms with Crippen LogP contribution in [0.1, 0.15) is 25.2 Å². The van der Waals surface area contributed by atoms with Crippen molar-refractivity contribution in [3.63, 3.8) is 0 Å². The zero-order chi connectivity index (χ0) is 41.8. The Balaban J connectivity index is 0.000000198. The highest BCUT2D eigenvalue weighted by molar-refractivity contribution is 14.1. The lowest BCUT2D eigenvalue weighted by Gasteiger charge is -2.41. The highest BCUT2D eigenvalue weighted by atomic mass is 127. The Hall–Kier alpha value is -3.90. The molecule has 2 amide bonds. The monoisotopic (exact) mass is 984 g/mol. The molecule has 0 aliphatic carbocycles. The minimum absolute atomic E-state index is 0.00937. The molecule has 58 heavy (non-hydrogen) atoms. The number of methoxy groups -OCH3 is 2. The van der Waals surface area contributed by atoms with Gasteiger partial charge in [-0.25, -0.2) is 4.68 Å². The fraction of sp³-hybridized carbons (Fsp3) is 0.410. The Morgan fingerprint density at radius 1 is 0.741 bits per heavy atom. The third-order valence-electron chi connectivity index (χ3n) is 10.4. The van der Waals surface area contributed by atoms with E-state index in [1.165, 1.54) is 0 Å². The number of carbonyl (C=O) groups is 2. The van der Waals surface area contributed by atoms with Gasteiger partial charge in [-0.05, 0) is 80.6 Å². The number of halogens is 5. The highest BCUT2D eigenvalue weighted by Gasteiger charge is 2.30. The molecule has 1 unspecified atom stereocenters. The Morgan fingerprint density at radius 2 is 1.22 bits per heavy atom. The lowest BCUT2D eigenvalue weighted by molar-refractivity contribution is -0.135. The molecule has 7 rings (SSSR count). The summed E-state index contributed by atoms with van der Waals surface area (Å²) in [6, 6.07) is 13.4. The third kappa shape index (κ3) is 9.59. The fourth-order valence-electron chi connectivity index (χ4n) is 7.10. The fourth-order valence-corrected chi connectivity index (χ4v) is 8.50. The highest BCUT2D eigenvalue weighted by Crippen LogP contribution is 2.32. The van der Waals surface area contributed by atoms with Gasteiger partial charge in [0.2, 0.25) is 11.8 Å². The van der Waals surface area contributed by atoms with E-state index in [1.54, 1.807) is 46.7 Å². The summed E-state index contributed by atoms with van der Waals surface area (Å²) in [7, 11) is 3.21. The van der Waals surface area contributed by atoms with Crippen molar-refractivity contribution in [2.75, 3.05) is 63.3 Å². The molecule has 3 aromatic heterocycles. The van der Waals surface area contributed by atoms with Gasteiger partial charge in [0.15, 0.2) is 5.82 Å². The molecule has 310 valence electrons. The Kier molecular flexibility index (Phi) is 14.3. The average Bonchev–Trinajstić information content (AvgIpc) is 3.91. The molecule has 19 heteroatoms. The van der Waals surface area contributed by atoms with Crippen molar-refractivity contribution in [1.29, 1.82) is 0 Å². The lowest BCUT2D eigenvalue weighted by Crippen LogP contribution is -2.54. The van der Waals surface area contributed by atoms with Crippen LogP contribution in [0.15, 0.2) is 54.9 Å². The number of amides is 2. The lowest BCUT2D eigenvalue weighted by atomic mass is 10.1. The van der Waals surface area contributed by atoms with E-state index in [0.29, 0.717) is 60.7 Å². The van der Waals surface area contributed by atoms with E-state index in [4.69, 9.17) is 55.9 Å². The van der Waals surface area contributed by atoms with Crippen molar-refractivity contribution in [3.05, 3.63) is 90.0 Å². The van der Waals surface area contributed by atoms with Gasteiger partial charge < -0.3 is 29.1 Å². The van der Waals surface area contributed by atoms with Crippen molar-refractivity contribution in [1.82, 2.24) is 39.1 Å². The second-order valence-electron chi connectivity index (χ2n) is 14.1. The number of rotatable bonds is 9. The van der Waals surface area contributed by atoms with E-state index in [-0.39, 0.29) is 37.0 Å². The van der Waals surface area contributed by atoms with Crippen LogP contribution in [-0.2, 0) is 22.7 Å². The van der Waals surface area contributed by atoms with Crippen molar-refractivity contribution in [2.45, 2.75) is 52.9 Å². The SMILES string of the molecule is COc1cc(N2CCN(C(=O)Cn3nc(-n4cccn4)c(Cl)c3C)[C@@H](C)C2)ccc1Cl.COc1cc(N2CCN(C(=O)Cn3nc(I)c(Cl)c3C)C(C)C2)ccc1Cl. The maximum absolute atomic E-state index is 13.1. The minimum atomic E-state index is 0.00937. The van der Waals surface area contributed by atoms with Gasteiger partial charge in [0, 0.05) is 87.3 Å². The quantitative estimate of drug-likeness (QED) is 0.141. The molecule has 2 aliphatic heterocycles. The van der Waals surface area contributed by atoms with Gasteiger partial charge in [0.1, 0.15) is 33.3 Å². The average molecular weight is 987 g/mol. The van der Waals surface area contributed by atoms with Crippen molar-refractivity contribution in [3.8, 4) is 17.3 Å². The summed E-state index contributed by atoms with van der Waals surface area (Å²) in [6.45, 7) is 12.4. The number of carbonyl (C=O) groups excluding carboxylic acids is 2. The Labute approximate surface area is 371 Å². The smallest absolute Gasteiger partial charge is 0.244 e. The predicted octanol–water partition coefficient (Wildman–Crippen LogP) is 7.28. The number of anilines is 2. The summed E-state index contributed by atoms with van der Waals surface area (Å²) in [5.41, 5.74) is 3.62. The van der Waals surface area contributed by atoms with Crippen LogP contribution in [0.25, 0.3) is 5.82 Å². The molecule has 2 aliphatic rings. The second kappa shape index (κ2) is 19.0.